The van der Waals surface area contributed by atoms with Gasteiger partial charge in [0.25, 0.3) is 0 Å². The Morgan fingerprint density at radius 3 is 2.74 bits per heavy atom. The first kappa shape index (κ1) is 15.0. The van der Waals surface area contributed by atoms with Crippen LogP contribution in [-0.4, -0.2) is 22.1 Å². The third-order valence-electron chi connectivity index (χ3n) is 3.40. The van der Waals surface area contributed by atoms with Gasteiger partial charge >= 0.3 is 6.09 Å². The summed E-state index contributed by atoms with van der Waals surface area (Å²) >= 11 is 0. The number of ether oxygens (including phenoxy) is 1. The largest absolute Gasteiger partial charge is 0.450 e. The summed E-state index contributed by atoms with van der Waals surface area (Å²) in [5.74, 6) is 0.165. The summed E-state index contributed by atoms with van der Waals surface area (Å²) in [7, 11) is 0. The highest BCUT2D eigenvalue weighted by Crippen LogP contribution is 2.29. The molecule has 0 radical (unpaired) electrons. The third kappa shape index (κ3) is 3.01. The monoisotopic (exact) mass is 313 g/mol. The molecule has 118 valence electrons. The van der Waals surface area contributed by atoms with Gasteiger partial charge in [-0.1, -0.05) is 0 Å². The minimum absolute atomic E-state index is 0.271. The number of imidazole rings is 1. The van der Waals surface area contributed by atoms with E-state index in [0.29, 0.717) is 22.7 Å². The molecule has 0 fully saturated rings. The van der Waals surface area contributed by atoms with E-state index in [9.17, 15) is 9.18 Å². The van der Waals surface area contributed by atoms with Crippen LogP contribution < -0.4 is 5.32 Å². The number of pyridine rings is 1. The fourth-order valence-corrected chi connectivity index (χ4v) is 2.34. The zero-order valence-electron chi connectivity index (χ0n) is 12.8. The summed E-state index contributed by atoms with van der Waals surface area (Å²) in [6.45, 7) is 3.97. The Morgan fingerprint density at radius 2 is 2.04 bits per heavy atom. The Bertz CT molecular complexity index is 856. The van der Waals surface area contributed by atoms with Gasteiger partial charge < -0.3 is 4.74 Å². The maximum Gasteiger partial charge on any atom is 0.412 e. The average Bonchev–Trinajstić information content (AvgIpc) is 2.86. The fourth-order valence-electron chi connectivity index (χ4n) is 2.34. The molecule has 6 heteroatoms. The zero-order chi connectivity index (χ0) is 16.4. The van der Waals surface area contributed by atoms with Gasteiger partial charge in [-0.2, -0.15) is 0 Å². The number of fused-ring (bicyclic) bond motifs is 1. The van der Waals surface area contributed by atoms with Crippen LogP contribution in [0.5, 0.6) is 0 Å². The lowest BCUT2D eigenvalue weighted by molar-refractivity contribution is 0.168. The molecule has 3 aromatic rings. The molecule has 2 heterocycles. The van der Waals surface area contributed by atoms with Crippen molar-refractivity contribution in [2.75, 3.05) is 11.9 Å². The van der Waals surface area contributed by atoms with E-state index in [1.807, 2.05) is 25.3 Å². The van der Waals surface area contributed by atoms with E-state index in [-0.39, 0.29) is 12.4 Å². The summed E-state index contributed by atoms with van der Waals surface area (Å²) in [6.07, 6.45) is 1.27. The van der Waals surface area contributed by atoms with Gasteiger partial charge in [-0.15, -0.1) is 0 Å². The van der Waals surface area contributed by atoms with Crippen molar-refractivity contribution >= 4 is 17.6 Å². The lowest BCUT2D eigenvalue weighted by Gasteiger charge is -2.07. The second-order valence-corrected chi connectivity index (χ2v) is 5.09. The number of amides is 1. The number of nitrogens with zero attached hydrogens (tertiary/aromatic N) is 2. The van der Waals surface area contributed by atoms with Crippen molar-refractivity contribution in [2.45, 2.75) is 13.8 Å². The van der Waals surface area contributed by atoms with Crippen molar-refractivity contribution in [2.24, 2.45) is 0 Å². The van der Waals surface area contributed by atoms with Crippen LogP contribution in [0.4, 0.5) is 15.0 Å². The van der Waals surface area contributed by atoms with Crippen LogP contribution in [0.2, 0.25) is 0 Å². The van der Waals surface area contributed by atoms with Gasteiger partial charge in [-0.25, -0.2) is 14.2 Å². The molecule has 1 N–H and O–H groups in total. The van der Waals surface area contributed by atoms with Crippen LogP contribution in [0, 0.1) is 12.7 Å². The summed E-state index contributed by atoms with van der Waals surface area (Å²) in [5.41, 5.74) is 3.01. The second-order valence-electron chi connectivity index (χ2n) is 5.09. The van der Waals surface area contributed by atoms with Gasteiger partial charge in [0, 0.05) is 11.8 Å². The van der Waals surface area contributed by atoms with Crippen LogP contribution in [-0.2, 0) is 4.74 Å². The van der Waals surface area contributed by atoms with Gasteiger partial charge in [0.2, 0.25) is 0 Å². The second kappa shape index (κ2) is 6.08. The summed E-state index contributed by atoms with van der Waals surface area (Å²) in [4.78, 5) is 16.4. The number of benzene rings is 1. The highest BCUT2D eigenvalue weighted by Gasteiger charge is 2.17. The molecule has 0 saturated carbocycles. The van der Waals surface area contributed by atoms with Crippen molar-refractivity contribution in [3.8, 4) is 11.3 Å². The molecule has 0 spiro atoms. The molecule has 0 aliphatic rings. The van der Waals surface area contributed by atoms with Gasteiger partial charge in [0.05, 0.1) is 6.61 Å². The fraction of sp³-hybridized carbons (Fsp3) is 0.176. The lowest BCUT2D eigenvalue weighted by atomic mass is 10.1. The number of aryl methyl sites for hydroxylation is 1. The number of hydrogen-bond acceptors (Lipinski definition) is 3. The number of hydrogen-bond donors (Lipinski definition) is 1. The molecule has 23 heavy (non-hydrogen) atoms. The van der Waals surface area contributed by atoms with Crippen LogP contribution in [0.3, 0.4) is 0 Å². The van der Waals surface area contributed by atoms with Gasteiger partial charge in [-0.3, -0.25) is 9.72 Å². The quantitative estimate of drug-likeness (QED) is 0.794. The molecule has 0 aliphatic carbocycles. The molecule has 3 rings (SSSR count). The predicted octanol–water partition coefficient (Wildman–Crippen LogP) is 4.02. The Kier molecular flexibility index (Phi) is 3.97. The number of carbonyl (C=O) groups is 1. The molecule has 0 unspecified atom stereocenters. The Balaban J connectivity index is 2.14. The van der Waals surface area contributed by atoms with E-state index in [1.165, 1.54) is 12.1 Å². The first-order valence-corrected chi connectivity index (χ1v) is 7.27. The first-order valence-electron chi connectivity index (χ1n) is 7.27. The van der Waals surface area contributed by atoms with Gasteiger partial charge in [-0.05, 0) is 55.8 Å². The summed E-state index contributed by atoms with van der Waals surface area (Å²) < 4.78 is 19.9. The van der Waals surface area contributed by atoms with Crippen molar-refractivity contribution in [1.29, 1.82) is 0 Å². The van der Waals surface area contributed by atoms with Crippen LogP contribution in [0.15, 0.2) is 42.6 Å². The molecular formula is C17H16FN3O2. The SMILES string of the molecule is CCOC(=O)Nc1c(-c2ccc(F)cc2)nc2cc(C)ccn12. The summed E-state index contributed by atoms with van der Waals surface area (Å²) in [6, 6.07) is 9.79. The van der Waals surface area contributed by atoms with E-state index in [2.05, 4.69) is 10.3 Å². The molecule has 0 bridgehead atoms. The molecule has 1 aromatic carbocycles. The highest BCUT2D eigenvalue weighted by molar-refractivity contribution is 5.90. The average molecular weight is 313 g/mol. The van der Waals surface area contributed by atoms with Gasteiger partial charge in [0.1, 0.15) is 23.0 Å². The molecule has 0 saturated heterocycles. The summed E-state index contributed by atoms with van der Waals surface area (Å²) in [5, 5.41) is 2.71. The normalized spacial score (nSPS) is 10.7. The minimum Gasteiger partial charge on any atom is -0.450 e. The van der Waals surface area contributed by atoms with Gasteiger partial charge in [0.15, 0.2) is 0 Å². The molecule has 1 amide bonds. The number of anilines is 1. The molecule has 5 nitrogen and oxygen atoms in total. The Morgan fingerprint density at radius 1 is 1.30 bits per heavy atom. The number of halogens is 1. The van der Waals surface area contributed by atoms with Crippen LogP contribution in [0.1, 0.15) is 12.5 Å². The minimum atomic E-state index is -0.557. The molecule has 0 atom stereocenters. The molecular weight excluding hydrogens is 297 g/mol. The number of carbonyl (C=O) groups excluding carboxylic acids is 1. The number of rotatable bonds is 3. The zero-order valence-corrected chi connectivity index (χ0v) is 12.8. The van der Waals surface area contributed by atoms with Crippen molar-refractivity contribution in [3.05, 3.63) is 54.0 Å². The van der Waals surface area contributed by atoms with Crippen molar-refractivity contribution in [1.82, 2.24) is 9.38 Å². The number of aromatic nitrogens is 2. The van der Waals surface area contributed by atoms with E-state index in [1.54, 1.807) is 23.5 Å². The maximum absolute atomic E-state index is 13.2. The highest BCUT2D eigenvalue weighted by atomic mass is 19.1. The van der Waals surface area contributed by atoms with E-state index in [4.69, 9.17) is 4.74 Å². The standard InChI is InChI=1S/C17H16FN3O2/c1-3-23-17(22)20-16-15(12-4-6-13(18)7-5-12)19-14-10-11(2)8-9-21(14)16/h4-10H,3H2,1-2H3,(H,20,22). The van der Waals surface area contributed by atoms with Crippen molar-refractivity contribution < 1.29 is 13.9 Å². The maximum atomic E-state index is 13.2. The first-order chi connectivity index (χ1) is 11.1. The number of nitrogens with one attached hydrogen (secondary N) is 1. The van der Waals surface area contributed by atoms with E-state index >= 15 is 0 Å². The lowest BCUT2D eigenvalue weighted by Crippen LogP contribution is -2.15. The Labute approximate surface area is 132 Å². The smallest absolute Gasteiger partial charge is 0.412 e. The van der Waals surface area contributed by atoms with E-state index in [0.717, 1.165) is 5.56 Å². The third-order valence-corrected chi connectivity index (χ3v) is 3.40. The Hall–Kier alpha value is -2.89. The van der Waals surface area contributed by atoms with Crippen molar-refractivity contribution in [3.63, 3.8) is 0 Å². The molecule has 0 aliphatic heterocycles. The van der Waals surface area contributed by atoms with Crippen LogP contribution in [0.25, 0.3) is 16.9 Å². The van der Waals surface area contributed by atoms with E-state index < -0.39 is 6.09 Å². The van der Waals surface area contributed by atoms with Crippen LogP contribution >= 0.6 is 0 Å². The molecule has 2 aromatic heterocycles. The predicted molar refractivity (Wildman–Crippen MR) is 86.0 cm³/mol. The topological polar surface area (TPSA) is 55.6 Å².